The number of rotatable bonds is 4. The van der Waals surface area contributed by atoms with E-state index in [4.69, 9.17) is 5.73 Å². The number of nitrogens with zero attached hydrogens (tertiary/aromatic N) is 4. The van der Waals surface area contributed by atoms with Gasteiger partial charge in [0.15, 0.2) is 6.21 Å². The molecule has 0 spiro atoms. The Balaban J connectivity index is 1.38. The number of amides is 1. The Labute approximate surface area is 231 Å². The summed E-state index contributed by atoms with van der Waals surface area (Å²) in [5, 5.41) is 3.40. The molecule has 0 bridgehead atoms. The molecular weight excluding hydrogens is 517 g/mol. The van der Waals surface area contributed by atoms with Crippen molar-refractivity contribution in [2.24, 2.45) is 7.05 Å². The third-order valence-corrected chi connectivity index (χ3v) is 7.74. The third kappa shape index (κ3) is 5.35. The highest BCUT2D eigenvalue weighted by molar-refractivity contribution is 5.94. The number of nitrogens with two attached hydrogens (primary N) is 1. The van der Waals surface area contributed by atoms with Gasteiger partial charge < -0.3 is 20.5 Å². The van der Waals surface area contributed by atoms with Crippen molar-refractivity contribution in [1.82, 2.24) is 14.5 Å². The summed E-state index contributed by atoms with van der Waals surface area (Å²) < 4.78 is 46.0. The molecule has 0 saturated carbocycles. The molecule has 1 unspecified atom stereocenters. The summed E-state index contributed by atoms with van der Waals surface area (Å²) in [6.45, 7) is 3.61. The average molecular weight is 552 g/mol. The smallest absolute Gasteiger partial charge is 0.384 e. The van der Waals surface area contributed by atoms with Gasteiger partial charge in [0.1, 0.15) is 30.4 Å². The van der Waals surface area contributed by atoms with Crippen LogP contribution in [0.25, 0.3) is 5.57 Å². The Morgan fingerprint density at radius 2 is 1.82 bits per heavy atom. The van der Waals surface area contributed by atoms with Crippen LogP contribution >= 0.6 is 0 Å². The quantitative estimate of drug-likeness (QED) is 0.449. The summed E-state index contributed by atoms with van der Waals surface area (Å²) in [4.78, 5) is 17.7. The van der Waals surface area contributed by atoms with Crippen molar-refractivity contribution in [3.05, 3.63) is 82.2 Å². The second-order valence-electron chi connectivity index (χ2n) is 10.8. The van der Waals surface area contributed by atoms with Crippen LogP contribution in [0, 0.1) is 0 Å². The molecule has 40 heavy (non-hydrogen) atoms. The van der Waals surface area contributed by atoms with Crippen LogP contribution in [-0.4, -0.2) is 64.4 Å². The molecular formula is C30H34F3N6O+. The first-order valence-corrected chi connectivity index (χ1v) is 13.3. The van der Waals surface area contributed by atoms with Crippen LogP contribution in [0.5, 0.6) is 0 Å². The minimum Gasteiger partial charge on any atom is -0.384 e. The van der Waals surface area contributed by atoms with Crippen LogP contribution in [0.3, 0.4) is 0 Å². The molecule has 5 rings (SSSR count). The fraction of sp³-hybridized carbons (Fsp3) is 0.367. The van der Waals surface area contributed by atoms with Crippen molar-refractivity contribution in [3.8, 4) is 0 Å². The maximum absolute atomic E-state index is 13.9. The molecule has 1 amide bonds. The maximum Gasteiger partial charge on any atom is 0.417 e. The van der Waals surface area contributed by atoms with E-state index in [1.807, 2.05) is 48.9 Å². The number of alkyl halides is 3. The lowest BCUT2D eigenvalue weighted by molar-refractivity contribution is -0.534. The van der Waals surface area contributed by atoms with Gasteiger partial charge in [0.25, 0.3) is 5.91 Å². The number of pyridine rings is 1. The number of piperidine rings is 1. The largest absolute Gasteiger partial charge is 0.417 e. The highest BCUT2D eigenvalue weighted by Gasteiger charge is 2.36. The van der Waals surface area contributed by atoms with E-state index in [0.29, 0.717) is 22.6 Å². The number of halogens is 3. The molecule has 210 valence electrons. The van der Waals surface area contributed by atoms with Crippen molar-refractivity contribution in [2.45, 2.75) is 37.9 Å². The minimum atomic E-state index is -4.56. The molecule has 2 aliphatic rings. The first-order valence-electron chi connectivity index (χ1n) is 13.3. The lowest BCUT2D eigenvalue weighted by atomic mass is 9.89. The van der Waals surface area contributed by atoms with Crippen molar-refractivity contribution in [1.29, 1.82) is 0 Å². The number of hydrogen-bond acceptors (Lipinski definition) is 4. The SMILES string of the molecule is CC1C=C(c2cnc(N)cc2C(F)(F)F)c2cc(C=[N+]3CCC(c4ccc(C(=O)N(C)C)cc4)CC3)n(C)c2N1. The minimum absolute atomic E-state index is 0.00888. The highest BCUT2D eigenvalue weighted by atomic mass is 19.4. The molecule has 3 N–H and O–H groups in total. The molecule has 2 aliphatic heterocycles. The lowest BCUT2D eigenvalue weighted by Crippen LogP contribution is -2.27. The second kappa shape index (κ2) is 10.5. The van der Waals surface area contributed by atoms with Crippen molar-refractivity contribution >= 4 is 29.3 Å². The van der Waals surface area contributed by atoms with Gasteiger partial charge >= 0.3 is 6.18 Å². The van der Waals surface area contributed by atoms with Gasteiger partial charge in [-0.15, -0.1) is 0 Å². The monoisotopic (exact) mass is 551 g/mol. The van der Waals surface area contributed by atoms with Gasteiger partial charge in [-0.1, -0.05) is 18.2 Å². The molecule has 4 heterocycles. The third-order valence-electron chi connectivity index (χ3n) is 7.74. The van der Waals surface area contributed by atoms with E-state index in [9.17, 15) is 18.0 Å². The summed E-state index contributed by atoms with van der Waals surface area (Å²) in [5.74, 6) is 1.00. The normalized spacial score (nSPS) is 19.0. The van der Waals surface area contributed by atoms with E-state index < -0.39 is 11.7 Å². The number of nitrogens with one attached hydrogen (secondary N) is 1. The number of carbonyl (C=O) groups is 1. The lowest BCUT2D eigenvalue weighted by Gasteiger charge is -2.24. The molecule has 0 radical (unpaired) electrons. The summed E-state index contributed by atoms with van der Waals surface area (Å²) in [6, 6.07) is 10.5. The average Bonchev–Trinajstić information content (AvgIpc) is 3.22. The van der Waals surface area contributed by atoms with E-state index in [0.717, 1.165) is 43.5 Å². The fourth-order valence-electron chi connectivity index (χ4n) is 5.58. The first-order chi connectivity index (χ1) is 18.9. The fourth-order valence-corrected chi connectivity index (χ4v) is 5.58. The number of anilines is 2. The molecule has 1 aromatic carbocycles. The van der Waals surface area contributed by atoms with Crippen LogP contribution in [0.15, 0.2) is 48.7 Å². The second-order valence-corrected chi connectivity index (χ2v) is 10.8. The van der Waals surface area contributed by atoms with Gasteiger partial charge in [-0.3, -0.25) is 4.79 Å². The number of benzene rings is 1. The topological polar surface area (TPSA) is 79.2 Å². The Morgan fingerprint density at radius 1 is 1.15 bits per heavy atom. The standard InChI is InChI=1S/C30H33F3N6O/c1-18-13-23(25-16-35-27(34)15-26(25)30(31,32)33)24-14-22(38(4)28(24)36-18)17-39-11-9-20(10-12-39)19-5-7-21(8-6-19)29(40)37(2)3/h5-8,13-18,20H,9-12H2,1-4H3,(H2,34,35)/p+1. The molecule has 7 nitrogen and oxygen atoms in total. The Morgan fingerprint density at radius 3 is 2.45 bits per heavy atom. The number of aromatic nitrogens is 2. The van der Waals surface area contributed by atoms with Crippen LogP contribution in [-0.2, 0) is 13.2 Å². The van der Waals surface area contributed by atoms with Crippen molar-refractivity contribution < 1.29 is 22.5 Å². The first kappa shape index (κ1) is 27.5. The molecule has 1 atom stereocenters. The number of fused-ring (bicyclic) bond motifs is 1. The van der Waals surface area contributed by atoms with Crippen molar-refractivity contribution in [3.63, 3.8) is 0 Å². The molecule has 10 heteroatoms. The van der Waals surface area contributed by atoms with Gasteiger partial charge in [0, 0.05) is 62.9 Å². The Kier molecular flexibility index (Phi) is 7.20. The van der Waals surface area contributed by atoms with E-state index >= 15 is 0 Å². The Hall–Kier alpha value is -4.08. The van der Waals surface area contributed by atoms with E-state index in [1.165, 1.54) is 11.8 Å². The summed E-state index contributed by atoms with van der Waals surface area (Å²) in [5.41, 5.74) is 8.85. The predicted molar refractivity (Wildman–Crippen MR) is 151 cm³/mol. The van der Waals surface area contributed by atoms with Crippen LogP contribution in [0.2, 0.25) is 0 Å². The van der Waals surface area contributed by atoms with Gasteiger partial charge in [-0.25, -0.2) is 9.56 Å². The van der Waals surface area contributed by atoms with E-state index in [1.54, 1.807) is 25.1 Å². The van der Waals surface area contributed by atoms with Crippen molar-refractivity contribution in [2.75, 3.05) is 38.2 Å². The zero-order valence-electron chi connectivity index (χ0n) is 23.1. The Bertz CT molecular complexity index is 1490. The maximum atomic E-state index is 13.9. The molecule has 0 aliphatic carbocycles. The van der Waals surface area contributed by atoms with Gasteiger partial charge in [0.05, 0.1) is 5.56 Å². The molecule has 1 saturated heterocycles. The van der Waals surface area contributed by atoms with Gasteiger partial charge in [-0.2, -0.15) is 13.2 Å². The van der Waals surface area contributed by atoms with Crippen LogP contribution < -0.4 is 11.1 Å². The van der Waals surface area contributed by atoms with Gasteiger partial charge in [0.2, 0.25) is 0 Å². The predicted octanol–water partition coefficient (Wildman–Crippen LogP) is 4.98. The summed E-state index contributed by atoms with van der Waals surface area (Å²) >= 11 is 0. The van der Waals surface area contributed by atoms with Gasteiger partial charge in [-0.05, 0) is 48.2 Å². The number of hydrogen-bond donors (Lipinski definition) is 2. The van der Waals surface area contributed by atoms with Crippen LogP contribution in [0.1, 0.15) is 64.0 Å². The molecule has 3 aromatic rings. The zero-order chi connectivity index (χ0) is 28.8. The number of carbonyl (C=O) groups excluding carboxylic acids is 1. The van der Waals surface area contributed by atoms with Crippen LogP contribution in [0.4, 0.5) is 24.8 Å². The van der Waals surface area contributed by atoms with E-state index in [2.05, 4.69) is 21.1 Å². The zero-order valence-corrected chi connectivity index (χ0v) is 23.1. The number of nitrogen functional groups attached to an aromatic ring is 1. The summed E-state index contributed by atoms with van der Waals surface area (Å²) in [7, 11) is 5.41. The van der Waals surface area contributed by atoms with E-state index in [-0.39, 0.29) is 23.3 Å². The highest BCUT2D eigenvalue weighted by Crippen LogP contribution is 2.42. The molecule has 2 aromatic heterocycles. The molecule has 1 fully saturated rings. The summed E-state index contributed by atoms with van der Waals surface area (Å²) in [6.07, 6.45) is 2.48.